The summed E-state index contributed by atoms with van der Waals surface area (Å²) in [4.78, 5) is 15.2. The first-order valence-electron chi connectivity index (χ1n) is 5.32. The van der Waals surface area contributed by atoms with E-state index < -0.39 is 5.97 Å². The van der Waals surface area contributed by atoms with Gasteiger partial charge < -0.3 is 9.84 Å². The fraction of sp³-hybridized carbons (Fsp3) is 0.364. The van der Waals surface area contributed by atoms with Crippen LogP contribution in [0.15, 0.2) is 12.4 Å². The minimum atomic E-state index is -1.05. The number of rotatable bonds is 4. The molecule has 1 N–H and O–H groups in total. The van der Waals surface area contributed by atoms with Crippen LogP contribution in [0.25, 0.3) is 11.0 Å². The van der Waals surface area contributed by atoms with Crippen molar-refractivity contribution in [3.8, 4) is 5.75 Å². The molecule has 0 saturated carbocycles. The molecule has 6 heteroatoms. The van der Waals surface area contributed by atoms with E-state index in [0.29, 0.717) is 23.4 Å². The molecule has 2 aromatic heterocycles. The Morgan fingerprint density at radius 1 is 1.53 bits per heavy atom. The standard InChI is InChI=1S/C11H13N3O3/c1-3-4-17-9-7-6-13-14(2)10(7)12-5-8(9)11(15)16/h5-6H,3-4H2,1-2H3,(H,15,16). The molecule has 0 amide bonds. The molecule has 2 aromatic rings. The number of nitrogens with zero attached hydrogens (tertiary/aromatic N) is 3. The van der Waals surface area contributed by atoms with Crippen LogP contribution in [-0.2, 0) is 7.05 Å². The van der Waals surface area contributed by atoms with Gasteiger partial charge in [0.05, 0.1) is 18.2 Å². The summed E-state index contributed by atoms with van der Waals surface area (Å²) in [6.45, 7) is 2.43. The maximum absolute atomic E-state index is 11.1. The number of pyridine rings is 1. The fourth-order valence-electron chi connectivity index (χ4n) is 1.59. The Morgan fingerprint density at radius 3 is 2.94 bits per heavy atom. The molecule has 0 spiro atoms. The van der Waals surface area contributed by atoms with Crippen LogP contribution < -0.4 is 4.74 Å². The topological polar surface area (TPSA) is 77.2 Å². The van der Waals surface area contributed by atoms with E-state index in [1.165, 1.54) is 6.20 Å². The van der Waals surface area contributed by atoms with E-state index >= 15 is 0 Å². The lowest BCUT2D eigenvalue weighted by Gasteiger charge is -2.08. The normalized spacial score (nSPS) is 10.7. The number of ether oxygens (including phenoxy) is 1. The largest absolute Gasteiger partial charge is 0.492 e. The molecule has 0 aliphatic carbocycles. The van der Waals surface area contributed by atoms with Gasteiger partial charge in [-0.1, -0.05) is 6.92 Å². The van der Waals surface area contributed by atoms with Crippen molar-refractivity contribution in [2.75, 3.05) is 6.61 Å². The van der Waals surface area contributed by atoms with E-state index in [4.69, 9.17) is 9.84 Å². The molecular weight excluding hydrogens is 222 g/mol. The second kappa shape index (κ2) is 4.40. The highest BCUT2D eigenvalue weighted by atomic mass is 16.5. The molecule has 0 aliphatic rings. The van der Waals surface area contributed by atoms with Crippen molar-refractivity contribution in [2.24, 2.45) is 7.05 Å². The van der Waals surface area contributed by atoms with E-state index in [-0.39, 0.29) is 5.56 Å². The number of fused-ring (bicyclic) bond motifs is 1. The second-order valence-electron chi connectivity index (χ2n) is 3.66. The van der Waals surface area contributed by atoms with Crippen LogP contribution in [0.4, 0.5) is 0 Å². The molecule has 0 atom stereocenters. The van der Waals surface area contributed by atoms with Gasteiger partial charge in [0.1, 0.15) is 11.3 Å². The van der Waals surface area contributed by atoms with Crippen LogP contribution in [0.2, 0.25) is 0 Å². The number of hydrogen-bond acceptors (Lipinski definition) is 4. The van der Waals surface area contributed by atoms with Crippen molar-refractivity contribution in [3.05, 3.63) is 18.0 Å². The first kappa shape index (κ1) is 11.4. The highest BCUT2D eigenvalue weighted by Gasteiger charge is 2.17. The van der Waals surface area contributed by atoms with Gasteiger partial charge >= 0.3 is 5.97 Å². The van der Waals surface area contributed by atoms with Crippen molar-refractivity contribution < 1.29 is 14.6 Å². The van der Waals surface area contributed by atoms with Gasteiger partial charge in [-0.05, 0) is 6.42 Å². The summed E-state index contributed by atoms with van der Waals surface area (Å²) in [6.07, 6.45) is 3.68. The summed E-state index contributed by atoms with van der Waals surface area (Å²) in [5.74, 6) is -0.702. The van der Waals surface area contributed by atoms with Gasteiger partial charge in [0.25, 0.3) is 0 Å². The summed E-state index contributed by atoms with van der Waals surface area (Å²) in [5.41, 5.74) is 0.681. The number of aryl methyl sites for hydroxylation is 1. The lowest BCUT2D eigenvalue weighted by molar-refractivity contribution is 0.0692. The molecule has 6 nitrogen and oxygen atoms in total. The quantitative estimate of drug-likeness (QED) is 0.867. The molecule has 0 radical (unpaired) electrons. The molecule has 0 saturated heterocycles. The van der Waals surface area contributed by atoms with Gasteiger partial charge in [-0.25, -0.2) is 9.78 Å². The van der Waals surface area contributed by atoms with E-state index in [2.05, 4.69) is 10.1 Å². The zero-order valence-corrected chi connectivity index (χ0v) is 9.67. The predicted molar refractivity (Wildman–Crippen MR) is 61.3 cm³/mol. The smallest absolute Gasteiger partial charge is 0.341 e. The third kappa shape index (κ3) is 1.93. The van der Waals surface area contributed by atoms with Crippen LogP contribution in [0.1, 0.15) is 23.7 Å². The summed E-state index contributed by atoms with van der Waals surface area (Å²) >= 11 is 0. The number of carbonyl (C=O) groups is 1. The average Bonchev–Trinajstić information content (AvgIpc) is 2.68. The third-order valence-corrected chi connectivity index (χ3v) is 2.39. The zero-order valence-electron chi connectivity index (χ0n) is 9.67. The highest BCUT2D eigenvalue weighted by Crippen LogP contribution is 2.28. The van der Waals surface area contributed by atoms with Crippen molar-refractivity contribution in [1.82, 2.24) is 14.8 Å². The van der Waals surface area contributed by atoms with Gasteiger partial charge in [0.15, 0.2) is 5.65 Å². The Morgan fingerprint density at radius 2 is 2.29 bits per heavy atom. The van der Waals surface area contributed by atoms with Gasteiger partial charge in [0.2, 0.25) is 0 Å². The first-order chi connectivity index (χ1) is 8.15. The van der Waals surface area contributed by atoms with Gasteiger partial charge in [-0.2, -0.15) is 5.10 Å². The van der Waals surface area contributed by atoms with E-state index in [0.717, 1.165) is 6.42 Å². The third-order valence-electron chi connectivity index (χ3n) is 2.39. The molecular formula is C11H13N3O3. The van der Waals surface area contributed by atoms with Gasteiger partial charge in [-0.3, -0.25) is 4.68 Å². The summed E-state index contributed by atoms with van der Waals surface area (Å²) < 4.78 is 7.08. The molecule has 0 aromatic carbocycles. The number of carboxylic acids is 1. The molecule has 0 aliphatic heterocycles. The number of hydrogen-bond donors (Lipinski definition) is 1. The lowest BCUT2D eigenvalue weighted by Crippen LogP contribution is -2.05. The van der Waals surface area contributed by atoms with Crippen molar-refractivity contribution in [2.45, 2.75) is 13.3 Å². The van der Waals surface area contributed by atoms with Crippen LogP contribution in [0.3, 0.4) is 0 Å². The van der Waals surface area contributed by atoms with E-state index in [9.17, 15) is 4.79 Å². The molecule has 0 unspecified atom stereocenters. The Kier molecular flexibility index (Phi) is 2.95. The minimum absolute atomic E-state index is 0.0685. The Hall–Kier alpha value is -2.11. The van der Waals surface area contributed by atoms with Gasteiger partial charge in [0, 0.05) is 13.2 Å². The Labute approximate surface area is 97.8 Å². The van der Waals surface area contributed by atoms with E-state index in [1.807, 2.05) is 6.92 Å². The average molecular weight is 235 g/mol. The van der Waals surface area contributed by atoms with Crippen LogP contribution in [0.5, 0.6) is 5.75 Å². The Bertz CT molecular complexity index is 562. The zero-order chi connectivity index (χ0) is 12.4. The first-order valence-corrected chi connectivity index (χ1v) is 5.32. The molecule has 0 fully saturated rings. The van der Waals surface area contributed by atoms with Crippen LogP contribution in [0, 0.1) is 0 Å². The maximum Gasteiger partial charge on any atom is 0.341 e. The minimum Gasteiger partial charge on any atom is -0.492 e. The monoisotopic (exact) mass is 235 g/mol. The molecule has 2 rings (SSSR count). The second-order valence-corrected chi connectivity index (χ2v) is 3.66. The van der Waals surface area contributed by atoms with Crippen molar-refractivity contribution >= 4 is 17.0 Å². The van der Waals surface area contributed by atoms with Crippen LogP contribution >= 0.6 is 0 Å². The molecule has 2 heterocycles. The molecule has 0 bridgehead atoms. The number of carboxylic acid groups (broad SMARTS) is 1. The summed E-state index contributed by atoms with van der Waals surface area (Å²) in [7, 11) is 1.75. The fourth-order valence-corrected chi connectivity index (χ4v) is 1.59. The van der Waals surface area contributed by atoms with Crippen LogP contribution in [-0.4, -0.2) is 32.4 Å². The van der Waals surface area contributed by atoms with Gasteiger partial charge in [-0.15, -0.1) is 0 Å². The summed E-state index contributed by atoms with van der Waals surface area (Å²) in [6, 6.07) is 0. The molecule has 17 heavy (non-hydrogen) atoms. The number of aromatic nitrogens is 3. The maximum atomic E-state index is 11.1. The predicted octanol–water partition coefficient (Wildman–Crippen LogP) is 1.46. The SMILES string of the molecule is CCCOc1c(C(=O)O)cnc2c1cnn2C. The lowest BCUT2D eigenvalue weighted by atomic mass is 10.2. The Balaban J connectivity index is 2.62. The van der Waals surface area contributed by atoms with E-state index in [1.54, 1.807) is 17.9 Å². The van der Waals surface area contributed by atoms with Crippen molar-refractivity contribution in [3.63, 3.8) is 0 Å². The highest BCUT2D eigenvalue weighted by molar-refractivity contribution is 5.97. The number of aromatic carboxylic acids is 1. The molecule has 90 valence electrons. The van der Waals surface area contributed by atoms with Crippen molar-refractivity contribution in [1.29, 1.82) is 0 Å². The summed E-state index contributed by atoms with van der Waals surface area (Å²) in [5, 5.41) is 13.8.